The molecule has 0 aliphatic carbocycles. The zero-order chi connectivity index (χ0) is 21.4. The van der Waals surface area contributed by atoms with Crippen LogP contribution in [0.1, 0.15) is 30.2 Å². The number of thiazole rings is 1. The third-order valence-corrected chi connectivity index (χ3v) is 5.86. The van der Waals surface area contributed by atoms with Crippen LogP contribution in [0.15, 0.2) is 54.0 Å². The van der Waals surface area contributed by atoms with Gasteiger partial charge in [-0.3, -0.25) is 0 Å². The number of fused-ring (bicyclic) bond motifs is 1. The Morgan fingerprint density at radius 1 is 1.03 bits per heavy atom. The van der Waals surface area contributed by atoms with Crippen molar-refractivity contribution in [3.05, 3.63) is 71.3 Å². The topological polar surface area (TPSA) is 94.3 Å². The quantitative estimate of drug-likeness (QED) is 0.440. The summed E-state index contributed by atoms with van der Waals surface area (Å²) in [4.78, 5) is 13.6. The lowest BCUT2D eigenvalue weighted by atomic mass is 10.1. The summed E-state index contributed by atoms with van der Waals surface area (Å²) in [5, 5.41) is 15.3. The van der Waals surface area contributed by atoms with Gasteiger partial charge in [-0.05, 0) is 61.0 Å². The molecule has 9 heteroatoms. The predicted octanol–water partition coefficient (Wildman–Crippen LogP) is 4.52. The largest absolute Gasteiger partial charge is 0.363 e. The van der Waals surface area contributed by atoms with Crippen molar-refractivity contribution in [1.82, 2.24) is 35.2 Å². The molecule has 0 amide bonds. The molecule has 0 aliphatic rings. The van der Waals surface area contributed by atoms with E-state index in [4.69, 9.17) is 0 Å². The Morgan fingerprint density at radius 2 is 1.94 bits per heavy atom. The predicted molar refractivity (Wildman–Crippen MR) is 121 cm³/mol. The van der Waals surface area contributed by atoms with Gasteiger partial charge in [-0.25, -0.2) is 15.0 Å². The van der Waals surface area contributed by atoms with Crippen LogP contribution in [0.25, 0.3) is 27.2 Å². The van der Waals surface area contributed by atoms with Gasteiger partial charge in [0.2, 0.25) is 0 Å². The number of tetrazole rings is 1. The normalized spacial score (nSPS) is 12.2. The van der Waals surface area contributed by atoms with Crippen LogP contribution >= 0.6 is 11.3 Å². The average molecular weight is 429 g/mol. The molecule has 3 heterocycles. The standard InChI is InChI=1S/C22H20N8S/c1-13(16-5-4-6-18(9-16)30-15(3)27-28-29-30)24-22-11-20(25-14(2)26-22)17-7-8-19-21(10-17)31-12-23-19/h4-13H,1-3H3,(H,24,25,26). The zero-order valence-electron chi connectivity index (χ0n) is 17.3. The van der Waals surface area contributed by atoms with Crippen molar-refractivity contribution in [2.75, 3.05) is 5.32 Å². The van der Waals surface area contributed by atoms with Crippen LogP contribution in [-0.2, 0) is 0 Å². The summed E-state index contributed by atoms with van der Waals surface area (Å²) < 4.78 is 2.87. The molecule has 0 saturated carbocycles. The van der Waals surface area contributed by atoms with E-state index in [1.165, 1.54) is 0 Å². The Balaban J connectivity index is 1.43. The highest BCUT2D eigenvalue weighted by Crippen LogP contribution is 2.27. The lowest BCUT2D eigenvalue weighted by Gasteiger charge is -2.17. The summed E-state index contributed by atoms with van der Waals surface area (Å²) in [7, 11) is 0. The summed E-state index contributed by atoms with van der Waals surface area (Å²) in [6.07, 6.45) is 0. The van der Waals surface area contributed by atoms with Gasteiger partial charge in [0.05, 0.1) is 33.2 Å². The van der Waals surface area contributed by atoms with E-state index in [2.05, 4.69) is 67.0 Å². The van der Waals surface area contributed by atoms with Gasteiger partial charge in [-0.1, -0.05) is 18.2 Å². The van der Waals surface area contributed by atoms with E-state index in [1.54, 1.807) is 16.0 Å². The first-order valence-corrected chi connectivity index (χ1v) is 10.8. The molecule has 5 aromatic rings. The maximum absolute atomic E-state index is 4.64. The minimum Gasteiger partial charge on any atom is -0.363 e. The number of aryl methyl sites for hydroxylation is 2. The molecule has 0 fully saturated rings. The molecule has 2 aromatic carbocycles. The third kappa shape index (κ3) is 3.87. The van der Waals surface area contributed by atoms with Gasteiger partial charge in [0, 0.05) is 11.6 Å². The Morgan fingerprint density at radius 3 is 2.77 bits per heavy atom. The third-order valence-electron chi connectivity index (χ3n) is 5.07. The van der Waals surface area contributed by atoms with E-state index in [0.717, 1.165) is 50.2 Å². The molecular formula is C22H20N8S. The number of hydrogen-bond donors (Lipinski definition) is 1. The van der Waals surface area contributed by atoms with Gasteiger partial charge in [0.1, 0.15) is 11.6 Å². The number of nitrogens with zero attached hydrogens (tertiary/aromatic N) is 7. The van der Waals surface area contributed by atoms with Crippen molar-refractivity contribution in [1.29, 1.82) is 0 Å². The fourth-order valence-corrected chi connectivity index (χ4v) is 4.22. The smallest absolute Gasteiger partial charge is 0.153 e. The van der Waals surface area contributed by atoms with Crippen LogP contribution in [0.5, 0.6) is 0 Å². The summed E-state index contributed by atoms with van der Waals surface area (Å²) >= 11 is 1.63. The van der Waals surface area contributed by atoms with Crippen LogP contribution in [0.2, 0.25) is 0 Å². The van der Waals surface area contributed by atoms with Crippen molar-refractivity contribution >= 4 is 27.4 Å². The fraction of sp³-hybridized carbons (Fsp3) is 0.182. The minimum atomic E-state index is 0.0304. The average Bonchev–Trinajstić information content (AvgIpc) is 3.41. The molecule has 0 saturated heterocycles. The van der Waals surface area contributed by atoms with Gasteiger partial charge in [0.15, 0.2) is 5.82 Å². The highest BCUT2D eigenvalue weighted by atomic mass is 32.1. The van der Waals surface area contributed by atoms with Gasteiger partial charge in [-0.15, -0.1) is 16.4 Å². The molecule has 0 spiro atoms. The second kappa shape index (κ2) is 7.84. The minimum absolute atomic E-state index is 0.0304. The van der Waals surface area contributed by atoms with E-state index < -0.39 is 0 Å². The van der Waals surface area contributed by atoms with Crippen molar-refractivity contribution in [2.45, 2.75) is 26.8 Å². The molecule has 1 N–H and O–H groups in total. The first kappa shape index (κ1) is 19.3. The van der Waals surface area contributed by atoms with Gasteiger partial charge >= 0.3 is 0 Å². The number of aromatic nitrogens is 7. The van der Waals surface area contributed by atoms with Gasteiger partial charge < -0.3 is 5.32 Å². The van der Waals surface area contributed by atoms with Crippen LogP contribution < -0.4 is 5.32 Å². The lowest BCUT2D eigenvalue weighted by molar-refractivity contribution is 0.775. The van der Waals surface area contributed by atoms with Gasteiger partial charge in [-0.2, -0.15) is 4.68 Å². The number of benzene rings is 2. The maximum atomic E-state index is 4.64. The van der Waals surface area contributed by atoms with E-state index in [0.29, 0.717) is 0 Å². The Kier molecular flexibility index (Phi) is 4.87. The van der Waals surface area contributed by atoms with E-state index >= 15 is 0 Å². The Labute approximate surface area is 183 Å². The number of anilines is 1. The first-order valence-electron chi connectivity index (χ1n) is 9.88. The molecule has 1 atom stereocenters. The summed E-state index contributed by atoms with van der Waals surface area (Å²) in [6.45, 7) is 5.89. The van der Waals surface area contributed by atoms with Gasteiger partial charge in [0.25, 0.3) is 0 Å². The SMILES string of the molecule is Cc1nc(NC(C)c2cccc(-n3nnnc3C)c2)cc(-c2ccc3ncsc3c2)n1. The van der Waals surface area contributed by atoms with Crippen LogP contribution in [0.4, 0.5) is 5.82 Å². The molecule has 8 nitrogen and oxygen atoms in total. The van der Waals surface area contributed by atoms with Crippen molar-refractivity contribution in [3.8, 4) is 16.9 Å². The van der Waals surface area contributed by atoms with Crippen molar-refractivity contribution in [3.63, 3.8) is 0 Å². The fourth-order valence-electron chi connectivity index (χ4n) is 3.51. The molecule has 3 aromatic heterocycles. The second-order valence-electron chi connectivity index (χ2n) is 7.32. The van der Waals surface area contributed by atoms with Crippen LogP contribution in [-0.4, -0.2) is 35.2 Å². The molecule has 0 radical (unpaired) electrons. The molecule has 0 bridgehead atoms. The first-order chi connectivity index (χ1) is 15.1. The van der Waals surface area contributed by atoms with Crippen molar-refractivity contribution in [2.24, 2.45) is 0 Å². The molecular weight excluding hydrogens is 408 g/mol. The maximum Gasteiger partial charge on any atom is 0.153 e. The molecule has 154 valence electrons. The van der Waals surface area contributed by atoms with E-state index in [1.807, 2.05) is 43.6 Å². The van der Waals surface area contributed by atoms with Crippen LogP contribution in [0.3, 0.4) is 0 Å². The summed E-state index contributed by atoms with van der Waals surface area (Å²) in [5.41, 5.74) is 6.83. The zero-order valence-corrected chi connectivity index (χ0v) is 18.1. The number of nitrogens with one attached hydrogen (secondary N) is 1. The second-order valence-corrected chi connectivity index (χ2v) is 8.21. The summed E-state index contributed by atoms with van der Waals surface area (Å²) in [6, 6.07) is 16.4. The lowest BCUT2D eigenvalue weighted by Crippen LogP contribution is -2.10. The molecule has 31 heavy (non-hydrogen) atoms. The van der Waals surface area contributed by atoms with E-state index in [-0.39, 0.29) is 6.04 Å². The molecule has 5 rings (SSSR count). The summed E-state index contributed by atoms with van der Waals surface area (Å²) in [5.74, 6) is 2.24. The number of hydrogen-bond acceptors (Lipinski definition) is 8. The molecule has 1 unspecified atom stereocenters. The Bertz CT molecular complexity index is 1370. The highest BCUT2D eigenvalue weighted by Gasteiger charge is 2.12. The Hall–Kier alpha value is -3.72. The monoisotopic (exact) mass is 428 g/mol. The van der Waals surface area contributed by atoms with Crippen molar-refractivity contribution < 1.29 is 0 Å². The number of rotatable bonds is 5. The van der Waals surface area contributed by atoms with E-state index in [9.17, 15) is 0 Å². The van der Waals surface area contributed by atoms with Crippen LogP contribution in [0, 0.1) is 13.8 Å². The molecule has 0 aliphatic heterocycles. The highest BCUT2D eigenvalue weighted by molar-refractivity contribution is 7.16.